The van der Waals surface area contributed by atoms with Crippen molar-refractivity contribution in [3.63, 3.8) is 0 Å². The number of piperidine rings is 1. The Morgan fingerprint density at radius 3 is 2.32 bits per heavy atom. The van der Waals surface area contributed by atoms with Crippen LogP contribution in [0.4, 0.5) is 0 Å². The van der Waals surface area contributed by atoms with Gasteiger partial charge < -0.3 is 10.6 Å². The predicted molar refractivity (Wildman–Crippen MR) is 80.1 cm³/mol. The maximum absolute atomic E-state index is 6.28. The highest BCUT2D eigenvalue weighted by Crippen LogP contribution is 2.36. The van der Waals surface area contributed by atoms with Crippen LogP contribution in [0.25, 0.3) is 0 Å². The molecule has 2 atom stereocenters. The summed E-state index contributed by atoms with van der Waals surface area (Å²) in [6.07, 6.45) is 13.7. The molecule has 1 aliphatic heterocycles. The van der Waals surface area contributed by atoms with Gasteiger partial charge in [-0.1, -0.05) is 38.5 Å². The molecular weight excluding hydrogens is 234 g/mol. The van der Waals surface area contributed by atoms with Crippen LogP contribution in [-0.4, -0.2) is 30.0 Å². The zero-order valence-corrected chi connectivity index (χ0v) is 12.2. The van der Waals surface area contributed by atoms with Crippen LogP contribution in [0.1, 0.15) is 64.2 Å². The molecule has 0 aromatic rings. The fraction of sp³-hybridized carbons (Fsp3) is 0.938. The lowest BCUT2D eigenvalue weighted by molar-refractivity contribution is 0.129. The van der Waals surface area contributed by atoms with Crippen molar-refractivity contribution < 1.29 is 0 Å². The molecule has 3 heteroatoms. The lowest BCUT2D eigenvalue weighted by Gasteiger charge is -2.42. The van der Waals surface area contributed by atoms with E-state index < -0.39 is 0 Å². The van der Waals surface area contributed by atoms with Crippen LogP contribution in [0, 0.1) is 11.8 Å². The van der Waals surface area contributed by atoms with Crippen molar-refractivity contribution in [1.82, 2.24) is 4.90 Å². The van der Waals surface area contributed by atoms with Gasteiger partial charge in [-0.15, -0.1) is 0 Å². The van der Waals surface area contributed by atoms with Gasteiger partial charge in [-0.05, 0) is 37.5 Å². The molecule has 2 aliphatic carbocycles. The Morgan fingerprint density at radius 2 is 1.53 bits per heavy atom. The van der Waals surface area contributed by atoms with Crippen LogP contribution in [0.15, 0.2) is 4.99 Å². The van der Waals surface area contributed by atoms with Gasteiger partial charge in [0.15, 0.2) is 5.96 Å². The van der Waals surface area contributed by atoms with Crippen LogP contribution in [-0.2, 0) is 0 Å². The number of likely N-dealkylation sites (tertiary alicyclic amines) is 1. The highest BCUT2D eigenvalue weighted by molar-refractivity contribution is 5.78. The fourth-order valence-electron chi connectivity index (χ4n) is 4.29. The van der Waals surface area contributed by atoms with E-state index in [9.17, 15) is 0 Å². The molecule has 3 aliphatic rings. The summed E-state index contributed by atoms with van der Waals surface area (Å²) in [4.78, 5) is 7.19. The summed E-state index contributed by atoms with van der Waals surface area (Å²) in [5.41, 5.74) is 6.28. The zero-order valence-electron chi connectivity index (χ0n) is 12.2. The summed E-state index contributed by atoms with van der Waals surface area (Å²) in [7, 11) is 0. The van der Waals surface area contributed by atoms with Gasteiger partial charge in [-0.2, -0.15) is 0 Å². The van der Waals surface area contributed by atoms with Gasteiger partial charge in [-0.3, -0.25) is 0 Å². The molecule has 108 valence electrons. The topological polar surface area (TPSA) is 41.6 Å². The Kier molecular flexibility index (Phi) is 4.29. The number of fused-ring (bicyclic) bond motifs is 1. The van der Waals surface area contributed by atoms with E-state index in [1.165, 1.54) is 70.8 Å². The molecular formula is C16H29N3. The Bertz CT molecular complexity index is 320. The smallest absolute Gasteiger partial charge is 0.191 e. The molecule has 0 radical (unpaired) electrons. The van der Waals surface area contributed by atoms with Gasteiger partial charge >= 0.3 is 0 Å². The summed E-state index contributed by atoms with van der Waals surface area (Å²) < 4.78 is 0. The molecule has 19 heavy (non-hydrogen) atoms. The first-order valence-electron chi connectivity index (χ1n) is 8.41. The fourth-order valence-corrected chi connectivity index (χ4v) is 4.29. The van der Waals surface area contributed by atoms with Crippen LogP contribution in [0.3, 0.4) is 0 Å². The quantitative estimate of drug-likeness (QED) is 0.583. The SMILES string of the molecule is NC(=NC1CCCCC1)N1CCC2CCCCC2C1. The largest absolute Gasteiger partial charge is 0.370 e. The van der Waals surface area contributed by atoms with Crippen LogP contribution in [0.5, 0.6) is 0 Å². The molecule has 2 saturated carbocycles. The Labute approximate surface area is 117 Å². The van der Waals surface area contributed by atoms with Gasteiger partial charge in [0.05, 0.1) is 6.04 Å². The van der Waals surface area contributed by atoms with E-state index in [2.05, 4.69) is 4.90 Å². The molecule has 3 fully saturated rings. The van der Waals surface area contributed by atoms with Gasteiger partial charge in [0.25, 0.3) is 0 Å². The van der Waals surface area contributed by atoms with Crippen LogP contribution < -0.4 is 5.73 Å². The lowest BCUT2D eigenvalue weighted by atomic mass is 9.75. The number of nitrogens with zero attached hydrogens (tertiary/aromatic N) is 2. The second-order valence-corrected chi connectivity index (χ2v) is 6.82. The first kappa shape index (κ1) is 13.3. The Hall–Kier alpha value is -0.730. The first-order valence-corrected chi connectivity index (χ1v) is 8.41. The number of nitrogens with two attached hydrogens (primary N) is 1. The van der Waals surface area contributed by atoms with E-state index in [1.807, 2.05) is 0 Å². The van der Waals surface area contributed by atoms with Gasteiger partial charge in [0.2, 0.25) is 0 Å². The highest BCUT2D eigenvalue weighted by atomic mass is 15.3. The normalized spacial score (nSPS) is 34.1. The second kappa shape index (κ2) is 6.15. The number of rotatable bonds is 1. The highest BCUT2D eigenvalue weighted by Gasteiger charge is 2.31. The Balaban J connectivity index is 1.57. The average Bonchev–Trinajstić information content (AvgIpc) is 2.48. The predicted octanol–water partition coefficient (Wildman–Crippen LogP) is 3.15. The maximum Gasteiger partial charge on any atom is 0.191 e. The maximum atomic E-state index is 6.28. The molecule has 3 nitrogen and oxygen atoms in total. The van der Waals surface area contributed by atoms with E-state index in [1.54, 1.807) is 0 Å². The lowest BCUT2D eigenvalue weighted by Crippen LogP contribution is -2.48. The average molecular weight is 263 g/mol. The molecule has 2 N–H and O–H groups in total. The molecule has 0 aromatic carbocycles. The van der Waals surface area contributed by atoms with Gasteiger partial charge in [0.1, 0.15) is 0 Å². The van der Waals surface area contributed by atoms with Crippen molar-refractivity contribution in [2.24, 2.45) is 22.6 Å². The molecule has 0 aromatic heterocycles. The van der Waals surface area contributed by atoms with Crippen molar-refractivity contribution in [3.8, 4) is 0 Å². The molecule has 1 heterocycles. The van der Waals surface area contributed by atoms with Crippen molar-refractivity contribution >= 4 is 5.96 Å². The summed E-state index contributed by atoms with van der Waals surface area (Å²) in [6.45, 7) is 2.32. The molecule has 1 saturated heterocycles. The minimum absolute atomic E-state index is 0.512. The van der Waals surface area contributed by atoms with Crippen molar-refractivity contribution in [2.75, 3.05) is 13.1 Å². The van der Waals surface area contributed by atoms with E-state index >= 15 is 0 Å². The molecule has 0 bridgehead atoms. The second-order valence-electron chi connectivity index (χ2n) is 6.82. The van der Waals surface area contributed by atoms with Crippen molar-refractivity contribution in [2.45, 2.75) is 70.3 Å². The van der Waals surface area contributed by atoms with E-state index in [0.29, 0.717) is 6.04 Å². The monoisotopic (exact) mass is 263 g/mol. The summed E-state index contributed by atoms with van der Waals surface area (Å²) >= 11 is 0. The summed E-state index contributed by atoms with van der Waals surface area (Å²) in [6, 6.07) is 0.512. The molecule has 2 unspecified atom stereocenters. The number of aliphatic imine (C=N–C) groups is 1. The van der Waals surface area contributed by atoms with Crippen LogP contribution in [0.2, 0.25) is 0 Å². The van der Waals surface area contributed by atoms with E-state index in [0.717, 1.165) is 24.3 Å². The number of guanidine groups is 1. The van der Waals surface area contributed by atoms with E-state index in [4.69, 9.17) is 10.7 Å². The zero-order chi connectivity index (χ0) is 13.1. The first-order chi connectivity index (χ1) is 9.33. The van der Waals surface area contributed by atoms with Crippen LogP contribution >= 0.6 is 0 Å². The Morgan fingerprint density at radius 1 is 0.842 bits per heavy atom. The third kappa shape index (κ3) is 3.24. The molecule has 3 rings (SSSR count). The molecule has 0 amide bonds. The standard InChI is InChI=1S/C16H29N3/c17-16(18-15-8-2-1-3-9-15)19-11-10-13-6-4-5-7-14(13)12-19/h13-15H,1-12H2,(H2,17,18). The molecule has 0 spiro atoms. The minimum Gasteiger partial charge on any atom is -0.370 e. The van der Waals surface area contributed by atoms with E-state index in [-0.39, 0.29) is 0 Å². The third-order valence-corrected chi connectivity index (χ3v) is 5.50. The van der Waals surface area contributed by atoms with Crippen molar-refractivity contribution in [3.05, 3.63) is 0 Å². The summed E-state index contributed by atoms with van der Waals surface area (Å²) in [5, 5.41) is 0. The minimum atomic E-state index is 0.512. The number of hydrogen-bond acceptors (Lipinski definition) is 1. The third-order valence-electron chi connectivity index (χ3n) is 5.50. The van der Waals surface area contributed by atoms with Gasteiger partial charge in [0, 0.05) is 13.1 Å². The van der Waals surface area contributed by atoms with Crippen molar-refractivity contribution in [1.29, 1.82) is 0 Å². The number of hydrogen-bond donors (Lipinski definition) is 1. The summed E-state index contributed by atoms with van der Waals surface area (Å²) in [5.74, 6) is 2.71. The van der Waals surface area contributed by atoms with Gasteiger partial charge in [-0.25, -0.2) is 4.99 Å².